The summed E-state index contributed by atoms with van der Waals surface area (Å²) in [6, 6.07) is 5.18. The van der Waals surface area contributed by atoms with E-state index in [0.717, 1.165) is 24.8 Å². The third-order valence-electron chi connectivity index (χ3n) is 5.05. The van der Waals surface area contributed by atoms with Crippen LogP contribution in [0.5, 0.6) is 0 Å². The van der Waals surface area contributed by atoms with Gasteiger partial charge in [0, 0.05) is 43.6 Å². The molecule has 0 saturated carbocycles. The lowest BCUT2D eigenvalue weighted by molar-refractivity contribution is 0.309. The number of sulfonamides is 2. The van der Waals surface area contributed by atoms with Crippen molar-refractivity contribution in [2.45, 2.75) is 29.4 Å². The molecule has 1 aromatic carbocycles. The summed E-state index contributed by atoms with van der Waals surface area (Å²) < 4.78 is 56.1. The van der Waals surface area contributed by atoms with Crippen molar-refractivity contribution in [3.63, 3.8) is 0 Å². The van der Waals surface area contributed by atoms with E-state index in [2.05, 4.69) is 34.6 Å². The van der Waals surface area contributed by atoms with Gasteiger partial charge in [0.1, 0.15) is 0 Å². The molecule has 0 atom stereocenters. The fraction of sp³-hybridized carbons (Fsp3) is 0.476. The highest BCUT2D eigenvalue weighted by atomic mass is 32.2. The third-order valence-corrected chi connectivity index (χ3v) is 9.62. The number of rotatable bonds is 15. The zero-order valence-corrected chi connectivity index (χ0v) is 24.8. The van der Waals surface area contributed by atoms with Crippen molar-refractivity contribution >= 4 is 60.2 Å². The number of nitrogens with two attached hydrogens (primary N) is 2. The second-order valence-corrected chi connectivity index (χ2v) is 13.1. The van der Waals surface area contributed by atoms with E-state index in [1.807, 2.05) is 19.2 Å². The van der Waals surface area contributed by atoms with E-state index < -0.39 is 20.0 Å². The largest absolute Gasteiger partial charge is 0.370 e. The second kappa shape index (κ2) is 15.2. The van der Waals surface area contributed by atoms with Crippen LogP contribution in [0, 0.1) is 0 Å². The van der Waals surface area contributed by atoms with E-state index in [-0.39, 0.29) is 28.3 Å². The van der Waals surface area contributed by atoms with Crippen LogP contribution < -0.4 is 26.2 Å². The van der Waals surface area contributed by atoms with Gasteiger partial charge in [-0.3, -0.25) is 4.99 Å². The van der Waals surface area contributed by atoms with Crippen molar-refractivity contribution in [3.05, 3.63) is 35.3 Å². The number of thioether (sulfide) groups is 1. The van der Waals surface area contributed by atoms with Gasteiger partial charge in [0.05, 0.1) is 15.5 Å². The predicted molar refractivity (Wildman–Crippen MR) is 155 cm³/mol. The predicted octanol–water partition coefficient (Wildman–Crippen LogP) is 0.455. The van der Waals surface area contributed by atoms with Gasteiger partial charge in [-0.05, 0) is 31.3 Å². The zero-order valence-electron chi connectivity index (χ0n) is 21.5. The summed E-state index contributed by atoms with van der Waals surface area (Å²) in [5.74, 6) is 1.27. The normalized spacial score (nSPS) is 12.5. The number of aliphatic imine (C=N–C) groups is 2. The van der Waals surface area contributed by atoms with Crippen molar-refractivity contribution < 1.29 is 16.8 Å². The van der Waals surface area contributed by atoms with Crippen molar-refractivity contribution in [2.75, 3.05) is 45.5 Å². The summed E-state index contributed by atoms with van der Waals surface area (Å²) in [5.41, 5.74) is 11.5. The first-order valence-electron chi connectivity index (χ1n) is 11.7. The van der Waals surface area contributed by atoms with Gasteiger partial charge in [-0.1, -0.05) is 19.9 Å². The van der Waals surface area contributed by atoms with Crippen LogP contribution in [0.1, 0.15) is 19.5 Å². The standard InChI is InChI=1S/C21H35N9O4S4/c1-4-30(5-2)11-9-26-37(31,32)17-7-6-8-18(13-17)38(33,34)29-20(24-3)25-10-12-35-14-16-15-36-21(27-16)28-19(22)23/h6-8,13,15,26H,4-5,9-12,14H2,1-3H3,(H2,24,25,29)(H4,22,23,27,28). The van der Waals surface area contributed by atoms with Crippen LogP contribution in [0.3, 0.4) is 0 Å². The van der Waals surface area contributed by atoms with E-state index in [9.17, 15) is 16.8 Å². The molecule has 0 amide bonds. The highest BCUT2D eigenvalue weighted by molar-refractivity contribution is 7.98. The first-order chi connectivity index (χ1) is 18.0. The monoisotopic (exact) mass is 605 g/mol. The smallest absolute Gasteiger partial charge is 0.264 e. The van der Waals surface area contributed by atoms with Crippen molar-refractivity contribution in [2.24, 2.45) is 21.5 Å². The van der Waals surface area contributed by atoms with Crippen LogP contribution in [0.2, 0.25) is 0 Å². The van der Waals surface area contributed by atoms with Crippen molar-refractivity contribution in [3.8, 4) is 0 Å². The summed E-state index contributed by atoms with van der Waals surface area (Å²) in [6.45, 7) is 6.79. The molecule has 0 aliphatic carbocycles. The Hall–Kier alpha value is -2.44. The number of hydrogen-bond donors (Lipinski definition) is 5. The number of nitrogens with one attached hydrogen (secondary N) is 3. The van der Waals surface area contributed by atoms with Crippen LogP contribution in [0.4, 0.5) is 5.13 Å². The Morgan fingerprint density at radius 2 is 1.79 bits per heavy atom. The Morgan fingerprint density at radius 3 is 2.42 bits per heavy atom. The fourth-order valence-electron chi connectivity index (χ4n) is 3.06. The number of hydrogen-bond acceptors (Lipinski definition) is 10. The lowest BCUT2D eigenvalue weighted by Crippen LogP contribution is -2.41. The molecule has 0 bridgehead atoms. The van der Waals surface area contributed by atoms with Gasteiger partial charge in [0.2, 0.25) is 21.1 Å². The van der Waals surface area contributed by atoms with Gasteiger partial charge in [-0.25, -0.2) is 31.3 Å². The van der Waals surface area contributed by atoms with Crippen LogP contribution in [-0.2, 0) is 25.8 Å². The maximum atomic E-state index is 12.9. The molecule has 2 rings (SSSR count). The Morgan fingerprint density at radius 1 is 1.11 bits per heavy atom. The zero-order chi connectivity index (χ0) is 28.2. The highest BCUT2D eigenvalue weighted by Crippen LogP contribution is 2.21. The number of benzene rings is 1. The minimum Gasteiger partial charge on any atom is -0.370 e. The maximum absolute atomic E-state index is 12.9. The number of thiazole rings is 1. The molecule has 7 N–H and O–H groups in total. The number of likely N-dealkylation sites (N-methyl/N-ethyl adjacent to an activating group) is 1. The molecule has 212 valence electrons. The van der Waals surface area contributed by atoms with Crippen molar-refractivity contribution in [1.82, 2.24) is 24.6 Å². The molecule has 1 heterocycles. The lowest BCUT2D eigenvalue weighted by Gasteiger charge is -2.18. The van der Waals surface area contributed by atoms with Gasteiger partial charge >= 0.3 is 0 Å². The molecule has 0 aliphatic rings. The minimum absolute atomic E-state index is 0.0416. The van der Waals surface area contributed by atoms with E-state index in [4.69, 9.17) is 11.5 Å². The first kappa shape index (κ1) is 31.8. The average Bonchev–Trinajstić information content (AvgIpc) is 3.32. The van der Waals surface area contributed by atoms with Crippen LogP contribution in [-0.4, -0.2) is 84.2 Å². The van der Waals surface area contributed by atoms with Crippen LogP contribution in [0.25, 0.3) is 0 Å². The molecule has 13 nitrogen and oxygen atoms in total. The molecule has 17 heteroatoms. The molecule has 0 aliphatic heterocycles. The molecule has 38 heavy (non-hydrogen) atoms. The van der Waals surface area contributed by atoms with E-state index in [0.29, 0.717) is 29.7 Å². The minimum atomic E-state index is -4.08. The maximum Gasteiger partial charge on any atom is 0.264 e. The first-order valence-corrected chi connectivity index (χ1v) is 16.7. The summed E-state index contributed by atoms with van der Waals surface area (Å²) >= 11 is 2.92. The average molecular weight is 606 g/mol. The third kappa shape index (κ3) is 10.4. The Kier molecular flexibility index (Phi) is 12.7. The Balaban J connectivity index is 1.90. The van der Waals surface area contributed by atoms with E-state index >= 15 is 0 Å². The summed E-state index contributed by atoms with van der Waals surface area (Å²) in [4.78, 5) is 13.9. The van der Waals surface area contributed by atoms with Gasteiger partial charge in [0.15, 0.2) is 5.96 Å². The quantitative estimate of drug-likeness (QED) is 0.108. The summed E-state index contributed by atoms with van der Waals surface area (Å²) in [7, 11) is -6.52. The number of aromatic nitrogens is 1. The summed E-state index contributed by atoms with van der Waals surface area (Å²) in [5, 5.41) is 5.29. The fourth-order valence-corrected chi connectivity index (χ4v) is 6.84. The highest BCUT2D eigenvalue weighted by Gasteiger charge is 2.21. The van der Waals surface area contributed by atoms with Gasteiger partial charge in [0.25, 0.3) is 10.0 Å². The topological polar surface area (TPSA) is 197 Å². The molecule has 2 aromatic rings. The second-order valence-electron chi connectivity index (χ2n) is 7.71. The molecule has 1 aromatic heterocycles. The van der Waals surface area contributed by atoms with Crippen LogP contribution >= 0.6 is 23.1 Å². The molecule has 0 unspecified atom stereocenters. The van der Waals surface area contributed by atoms with E-state index in [1.54, 1.807) is 11.8 Å². The van der Waals surface area contributed by atoms with Crippen molar-refractivity contribution in [1.29, 1.82) is 0 Å². The number of guanidine groups is 2. The number of nitrogens with zero attached hydrogens (tertiary/aromatic N) is 4. The van der Waals surface area contributed by atoms with Gasteiger partial charge in [-0.2, -0.15) is 16.8 Å². The summed E-state index contributed by atoms with van der Waals surface area (Å²) in [6.07, 6.45) is 0. The van der Waals surface area contributed by atoms with Crippen LogP contribution in [0.15, 0.2) is 49.4 Å². The molecular formula is C21H35N9O4S4. The molecular weight excluding hydrogens is 571 g/mol. The Labute approximate surface area is 232 Å². The molecule has 0 fully saturated rings. The lowest BCUT2D eigenvalue weighted by atomic mass is 10.4. The Bertz CT molecular complexity index is 1300. The molecule has 0 spiro atoms. The van der Waals surface area contributed by atoms with E-state index in [1.165, 1.54) is 36.6 Å². The van der Waals surface area contributed by atoms with Gasteiger partial charge < -0.3 is 21.7 Å². The SMILES string of the molecule is CCN(CC)CCNS(=O)(=O)c1cccc(S(=O)(=O)NC(=NC)NCCSCc2csc(N=C(N)N)n2)c1. The molecule has 0 radical (unpaired) electrons. The van der Waals surface area contributed by atoms with Gasteiger partial charge in [-0.15, -0.1) is 11.3 Å². The molecule has 0 saturated heterocycles.